The number of rotatable bonds is 3. The highest BCUT2D eigenvalue weighted by molar-refractivity contribution is 7.17. The van der Waals surface area contributed by atoms with Crippen molar-refractivity contribution in [2.24, 2.45) is 5.41 Å². The molecule has 0 aromatic carbocycles. The maximum absolute atomic E-state index is 12.2. The van der Waals surface area contributed by atoms with Gasteiger partial charge in [0, 0.05) is 13.1 Å². The van der Waals surface area contributed by atoms with Gasteiger partial charge in [-0.25, -0.2) is 0 Å². The Hall–Kier alpha value is -1.07. The third-order valence-corrected chi connectivity index (χ3v) is 4.77. The Bertz CT molecular complexity index is 487. The van der Waals surface area contributed by atoms with Gasteiger partial charge in [-0.3, -0.25) is 9.59 Å². The monoisotopic (exact) mass is 287 g/mol. The molecule has 2 heterocycles. The summed E-state index contributed by atoms with van der Waals surface area (Å²) >= 11 is 7.02. The van der Waals surface area contributed by atoms with Crippen LogP contribution in [-0.4, -0.2) is 35.0 Å². The molecule has 0 saturated carbocycles. The Kier molecular flexibility index (Phi) is 3.64. The molecular weight excluding hydrogens is 274 g/mol. The molecule has 1 amide bonds. The molecule has 1 aromatic heterocycles. The van der Waals surface area contributed by atoms with E-state index in [9.17, 15) is 14.7 Å². The molecule has 6 heteroatoms. The zero-order valence-corrected chi connectivity index (χ0v) is 11.6. The number of carbonyl (C=O) groups is 2. The smallest absolute Gasteiger partial charge is 0.311 e. The molecule has 1 atom stereocenters. The summed E-state index contributed by atoms with van der Waals surface area (Å²) in [5.74, 6) is -0.937. The van der Waals surface area contributed by atoms with Gasteiger partial charge in [-0.1, -0.05) is 18.5 Å². The first-order valence-electron chi connectivity index (χ1n) is 5.76. The molecule has 1 saturated heterocycles. The van der Waals surface area contributed by atoms with E-state index in [2.05, 4.69) is 0 Å². The maximum Gasteiger partial charge on any atom is 0.311 e. The van der Waals surface area contributed by atoms with E-state index in [0.29, 0.717) is 28.6 Å². The van der Waals surface area contributed by atoms with E-state index in [0.717, 1.165) is 0 Å². The van der Waals surface area contributed by atoms with E-state index in [-0.39, 0.29) is 12.5 Å². The van der Waals surface area contributed by atoms with E-state index in [1.54, 1.807) is 17.0 Å². The number of aliphatic carboxylic acids is 1. The predicted octanol–water partition coefficient (Wildman–Crippen LogP) is 2.73. The Morgan fingerprint density at radius 3 is 2.72 bits per heavy atom. The Labute approximate surface area is 114 Å². The Morgan fingerprint density at radius 1 is 1.56 bits per heavy atom. The Balaban J connectivity index is 2.13. The number of likely N-dealkylation sites (tertiary alicyclic amines) is 1. The summed E-state index contributed by atoms with van der Waals surface area (Å²) in [7, 11) is 0. The van der Waals surface area contributed by atoms with Crippen LogP contribution in [0.5, 0.6) is 0 Å². The van der Waals surface area contributed by atoms with Crippen LogP contribution >= 0.6 is 22.9 Å². The SMILES string of the molecule is CCC1(C(=O)O)CCN(C(=O)c2ccc(Cl)s2)C1. The quantitative estimate of drug-likeness (QED) is 0.930. The first-order valence-corrected chi connectivity index (χ1v) is 6.96. The summed E-state index contributed by atoms with van der Waals surface area (Å²) in [6.07, 6.45) is 1.06. The van der Waals surface area contributed by atoms with Gasteiger partial charge in [-0.2, -0.15) is 0 Å². The van der Waals surface area contributed by atoms with Crippen LogP contribution in [0.15, 0.2) is 12.1 Å². The number of carboxylic acids is 1. The van der Waals surface area contributed by atoms with Crippen molar-refractivity contribution in [3.8, 4) is 0 Å². The molecule has 1 aliphatic rings. The summed E-state index contributed by atoms with van der Waals surface area (Å²) in [6.45, 7) is 2.63. The number of hydrogen-bond donors (Lipinski definition) is 1. The Morgan fingerprint density at radius 2 is 2.28 bits per heavy atom. The van der Waals surface area contributed by atoms with Crippen LogP contribution in [-0.2, 0) is 4.79 Å². The first-order chi connectivity index (χ1) is 8.48. The van der Waals surface area contributed by atoms with Crippen molar-refractivity contribution in [1.29, 1.82) is 0 Å². The highest BCUT2D eigenvalue weighted by Crippen LogP contribution is 2.35. The van der Waals surface area contributed by atoms with Crippen molar-refractivity contribution in [3.05, 3.63) is 21.3 Å². The lowest BCUT2D eigenvalue weighted by atomic mass is 9.84. The van der Waals surface area contributed by atoms with Gasteiger partial charge in [0.05, 0.1) is 14.6 Å². The second-order valence-corrected chi connectivity index (χ2v) is 6.23. The van der Waals surface area contributed by atoms with Gasteiger partial charge in [-0.05, 0) is 25.0 Å². The fourth-order valence-electron chi connectivity index (χ4n) is 2.25. The highest BCUT2D eigenvalue weighted by atomic mass is 35.5. The molecule has 0 aliphatic carbocycles. The van der Waals surface area contributed by atoms with E-state index >= 15 is 0 Å². The number of carboxylic acid groups (broad SMARTS) is 1. The summed E-state index contributed by atoms with van der Waals surface area (Å²) in [5, 5.41) is 9.28. The second kappa shape index (κ2) is 4.90. The van der Waals surface area contributed by atoms with Gasteiger partial charge in [0.1, 0.15) is 0 Å². The van der Waals surface area contributed by atoms with Crippen molar-refractivity contribution < 1.29 is 14.7 Å². The molecule has 4 nitrogen and oxygen atoms in total. The molecule has 1 aromatic rings. The number of nitrogens with zero attached hydrogens (tertiary/aromatic N) is 1. The fourth-order valence-corrected chi connectivity index (χ4v) is 3.26. The van der Waals surface area contributed by atoms with E-state index < -0.39 is 11.4 Å². The summed E-state index contributed by atoms with van der Waals surface area (Å²) in [6, 6.07) is 3.36. The largest absolute Gasteiger partial charge is 0.481 e. The van der Waals surface area contributed by atoms with Crippen LogP contribution in [0.4, 0.5) is 0 Å². The standard InChI is InChI=1S/C12H14ClNO3S/c1-2-12(11(16)17)5-6-14(7-12)10(15)8-3-4-9(13)18-8/h3-4H,2,5-7H2,1H3,(H,16,17). The summed E-state index contributed by atoms with van der Waals surface area (Å²) in [4.78, 5) is 25.7. The lowest BCUT2D eigenvalue weighted by Gasteiger charge is -2.22. The van der Waals surface area contributed by atoms with Crippen LogP contribution < -0.4 is 0 Å². The molecule has 18 heavy (non-hydrogen) atoms. The van der Waals surface area contributed by atoms with Gasteiger partial charge < -0.3 is 10.0 Å². The molecule has 98 valence electrons. The molecule has 1 unspecified atom stereocenters. The molecule has 2 rings (SSSR count). The first kappa shape index (κ1) is 13.4. The molecular formula is C12H14ClNO3S. The van der Waals surface area contributed by atoms with Crippen molar-refractivity contribution in [2.45, 2.75) is 19.8 Å². The van der Waals surface area contributed by atoms with Crippen LogP contribution in [0.3, 0.4) is 0 Å². The third kappa shape index (κ3) is 2.24. The molecule has 1 N–H and O–H groups in total. The van der Waals surface area contributed by atoms with Gasteiger partial charge in [-0.15, -0.1) is 11.3 Å². The minimum absolute atomic E-state index is 0.122. The molecule has 0 bridgehead atoms. The van der Waals surface area contributed by atoms with Crippen LogP contribution in [0, 0.1) is 5.41 Å². The second-order valence-electron chi connectivity index (χ2n) is 4.52. The van der Waals surface area contributed by atoms with Crippen molar-refractivity contribution in [1.82, 2.24) is 4.90 Å². The fraction of sp³-hybridized carbons (Fsp3) is 0.500. The van der Waals surface area contributed by atoms with E-state index in [1.165, 1.54) is 11.3 Å². The van der Waals surface area contributed by atoms with Crippen molar-refractivity contribution >= 4 is 34.8 Å². The number of carbonyl (C=O) groups excluding carboxylic acids is 1. The number of amides is 1. The topological polar surface area (TPSA) is 57.6 Å². The zero-order valence-electron chi connectivity index (χ0n) is 9.98. The molecule has 1 fully saturated rings. The molecule has 1 aliphatic heterocycles. The predicted molar refractivity (Wildman–Crippen MR) is 70.2 cm³/mol. The zero-order chi connectivity index (χ0) is 13.3. The van der Waals surface area contributed by atoms with Gasteiger partial charge >= 0.3 is 5.97 Å². The molecule has 0 radical (unpaired) electrons. The average molecular weight is 288 g/mol. The van der Waals surface area contributed by atoms with Crippen molar-refractivity contribution in [3.63, 3.8) is 0 Å². The van der Waals surface area contributed by atoms with E-state index in [4.69, 9.17) is 11.6 Å². The lowest BCUT2D eigenvalue weighted by Crippen LogP contribution is -2.36. The normalized spacial score (nSPS) is 23.3. The van der Waals surface area contributed by atoms with Gasteiger partial charge in [0.2, 0.25) is 0 Å². The van der Waals surface area contributed by atoms with Crippen LogP contribution in [0.25, 0.3) is 0 Å². The number of thiophene rings is 1. The average Bonchev–Trinajstić information content (AvgIpc) is 2.95. The van der Waals surface area contributed by atoms with Gasteiger partial charge in [0.15, 0.2) is 0 Å². The number of hydrogen-bond acceptors (Lipinski definition) is 3. The minimum Gasteiger partial charge on any atom is -0.481 e. The molecule has 0 spiro atoms. The lowest BCUT2D eigenvalue weighted by molar-refractivity contribution is -0.148. The minimum atomic E-state index is -0.815. The maximum atomic E-state index is 12.2. The third-order valence-electron chi connectivity index (χ3n) is 3.56. The van der Waals surface area contributed by atoms with Crippen LogP contribution in [0.1, 0.15) is 29.4 Å². The van der Waals surface area contributed by atoms with E-state index in [1.807, 2.05) is 6.92 Å². The highest BCUT2D eigenvalue weighted by Gasteiger charge is 2.44. The summed E-state index contributed by atoms with van der Waals surface area (Å²) in [5.41, 5.74) is -0.781. The van der Waals surface area contributed by atoms with Gasteiger partial charge in [0.25, 0.3) is 5.91 Å². The van der Waals surface area contributed by atoms with Crippen molar-refractivity contribution in [2.75, 3.05) is 13.1 Å². The van der Waals surface area contributed by atoms with Crippen LogP contribution in [0.2, 0.25) is 4.34 Å². The number of halogens is 1. The summed E-state index contributed by atoms with van der Waals surface area (Å²) < 4.78 is 0.567.